The van der Waals surface area contributed by atoms with E-state index in [4.69, 9.17) is 21.1 Å². The van der Waals surface area contributed by atoms with Crippen molar-refractivity contribution in [2.45, 2.75) is 25.9 Å². The topological polar surface area (TPSA) is 72.2 Å². The first-order valence-corrected chi connectivity index (χ1v) is 10.2. The fourth-order valence-corrected chi connectivity index (χ4v) is 3.73. The maximum Gasteiger partial charge on any atom is 0.187 e. The highest BCUT2D eigenvalue weighted by atomic mass is 35.5. The molecule has 1 heterocycles. The van der Waals surface area contributed by atoms with Gasteiger partial charge in [-0.25, -0.2) is 4.98 Å². The molecular weight excluding hydrogens is 408 g/mol. The maximum atomic E-state index is 13.0. The predicted molar refractivity (Wildman–Crippen MR) is 114 cm³/mol. The van der Waals surface area contributed by atoms with Crippen LogP contribution in [0.15, 0.2) is 47.8 Å². The number of nitriles is 1. The van der Waals surface area contributed by atoms with E-state index >= 15 is 0 Å². The second kappa shape index (κ2) is 9.08. The van der Waals surface area contributed by atoms with Gasteiger partial charge < -0.3 is 9.47 Å². The zero-order valence-corrected chi connectivity index (χ0v) is 17.8. The number of carbonyl (C=O) groups is 1. The second-order valence-electron chi connectivity index (χ2n) is 6.54. The van der Waals surface area contributed by atoms with Crippen LogP contribution in [0.3, 0.4) is 0 Å². The van der Waals surface area contributed by atoms with E-state index in [0.29, 0.717) is 32.8 Å². The molecule has 1 aromatic heterocycles. The van der Waals surface area contributed by atoms with Gasteiger partial charge in [-0.3, -0.25) is 4.79 Å². The first-order chi connectivity index (χ1) is 13.9. The molecule has 0 aliphatic rings. The van der Waals surface area contributed by atoms with Crippen molar-refractivity contribution in [2.24, 2.45) is 0 Å². The molecule has 0 amide bonds. The minimum absolute atomic E-state index is 0.0288. The van der Waals surface area contributed by atoms with Crippen molar-refractivity contribution in [2.75, 3.05) is 7.11 Å². The highest BCUT2D eigenvalue weighted by Gasteiger charge is 2.26. The van der Waals surface area contributed by atoms with Crippen LogP contribution in [0.25, 0.3) is 11.3 Å². The normalized spacial score (nSPS) is 11.7. The Kier molecular flexibility index (Phi) is 6.53. The molecule has 0 spiro atoms. The van der Waals surface area contributed by atoms with E-state index in [9.17, 15) is 10.1 Å². The number of carbonyl (C=O) groups excluding carboxylic acids is 1. The van der Waals surface area contributed by atoms with E-state index < -0.39 is 5.92 Å². The minimum Gasteiger partial charge on any atom is -0.493 e. The highest BCUT2D eigenvalue weighted by molar-refractivity contribution is 7.10. The summed E-state index contributed by atoms with van der Waals surface area (Å²) in [7, 11) is 1.51. The van der Waals surface area contributed by atoms with Crippen LogP contribution in [0.1, 0.15) is 35.1 Å². The van der Waals surface area contributed by atoms with Crippen molar-refractivity contribution in [1.29, 1.82) is 5.26 Å². The molecule has 5 nitrogen and oxygen atoms in total. The van der Waals surface area contributed by atoms with Gasteiger partial charge in [0.25, 0.3) is 0 Å². The molecule has 3 aromatic rings. The lowest BCUT2D eigenvalue weighted by Crippen LogP contribution is -2.12. The number of aromatic nitrogens is 1. The minimum atomic E-state index is -0.998. The molecular formula is C22H19ClN2O3S. The zero-order chi connectivity index (χ0) is 21.0. The number of methoxy groups -OCH3 is 1. The van der Waals surface area contributed by atoms with Crippen LogP contribution in [0.2, 0.25) is 5.02 Å². The van der Waals surface area contributed by atoms with Gasteiger partial charge in [0.05, 0.1) is 25.0 Å². The third-order valence-corrected chi connectivity index (χ3v) is 5.27. The van der Waals surface area contributed by atoms with Gasteiger partial charge in [-0.2, -0.15) is 5.26 Å². The van der Waals surface area contributed by atoms with Gasteiger partial charge in [0.15, 0.2) is 23.2 Å². The Hall–Kier alpha value is -2.88. The maximum absolute atomic E-state index is 13.0. The van der Waals surface area contributed by atoms with Gasteiger partial charge in [-0.15, -0.1) is 11.3 Å². The Balaban J connectivity index is 1.88. The van der Waals surface area contributed by atoms with Gasteiger partial charge in [0.1, 0.15) is 5.01 Å². The Bertz CT molecular complexity index is 1050. The van der Waals surface area contributed by atoms with Crippen molar-refractivity contribution in [1.82, 2.24) is 4.98 Å². The molecule has 0 saturated heterocycles. The van der Waals surface area contributed by atoms with E-state index in [-0.39, 0.29) is 11.9 Å². The number of halogens is 1. The van der Waals surface area contributed by atoms with Crippen molar-refractivity contribution in [3.63, 3.8) is 0 Å². The van der Waals surface area contributed by atoms with Gasteiger partial charge in [0.2, 0.25) is 0 Å². The summed E-state index contributed by atoms with van der Waals surface area (Å²) in [6.45, 7) is 3.82. The van der Waals surface area contributed by atoms with Crippen LogP contribution in [-0.4, -0.2) is 24.0 Å². The molecule has 0 saturated carbocycles. The zero-order valence-electron chi connectivity index (χ0n) is 16.2. The van der Waals surface area contributed by atoms with Crippen LogP contribution in [0.4, 0.5) is 0 Å². The summed E-state index contributed by atoms with van der Waals surface area (Å²) in [5, 5.41) is 12.6. The van der Waals surface area contributed by atoms with E-state index in [1.807, 2.05) is 31.4 Å². The van der Waals surface area contributed by atoms with Gasteiger partial charge in [-0.1, -0.05) is 23.7 Å². The fourth-order valence-electron chi connectivity index (χ4n) is 2.74. The number of ether oxygens (including phenoxy) is 2. The molecule has 1 unspecified atom stereocenters. The molecule has 0 N–H and O–H groups in total. The standard InChI is InChI=1S/C22H19ClN2O3S/c1-13(2)28-19-9-6-15(10-20(19)27-3)21(26)17(11-24)22-25-18(12-29-22)14-4-7-16(23)8-5-14/h4-10,12-13,17H,1-3H3. The summed E-state index contributed by atoms with van der Waals surface area (Å²) < 4.78 is 11.0. The molecule has 148 valence electrons. The second-order valence-corrected chi connectivity index (χ2v) is 7.86. The third kappa shape index (κ3) is 4.76. The molecule has 1 atom stereocenters. The molecule has 7 heteroatoms. The van der Waals surface area contributed by atoms with Crippen LogP contribution < -0.4 is 9.47 Å². The third-order valence-electron chi connectivity index (χ3n) is 4.11. The number of hydrogen-bond acceptors (Lipinski definition) is 6. The lowest BCUT2D eigenvalue weighted by atomic mass is 9.99. The van der Waals surface area contributed by atoms with Crippen LogP contribution in [-0.2, 0) is 0 Å². The van der Waals surface area contributed by atoms with E-state index in [1.54, 1.807) is 30.3 Å². The first kappa shape index (κ1) is 20.8. The quantitative estimate of drug-likeness (QED) is 0.450. The summed E-state index contributed by atoms with van der Waals surface area (Å²) in [6, 6.07) is 14.2. The van der Waals surface area contributed by atoms with Gasteiger partial charge in [0, 0.05) is 21.5 Å². The Morgan fingerprint density at radius 3 is 2.52 bits per heavy atom. The summed E-state index contributed by atoms with van der Waals surface area (Å²) in [6.07, 6.45) is -0.0288. The molecule has 0 bridgehead atoms. The van der Waals surface area contributed by atoms with E-state index in [0.717, 1.165) is 5.56 Å². The lowest BCUT2D eigenvalue weighted by Gasteiger charge is -2.14. The SMILES string of the molecule is COc1cc(C(=O)C(C#N)c2nc(-c3ccc(Cl)cc3)cs2)ccc1OC(C)C. The molecule has 0 fully saturated rings. The number of hydrogen-bond donors (Lipinski definition) is 0. The van der Waals surface area contributed by atoms with Crippen LogP contribution in [0, 0.1) is 11.3 Å². The fraction of sp³-hybridized carbons (Fsp3) is 0.227. The lowest BCUT2D eigenvalue weighted by molar-refractivity contribution is 0.0978. The molecule has 0 aliphatic heterocycles. The molecule has 0 radical (unpaired) electrons. The Morgan fingerprint density at radius 1 is 1.17 bits per heavy atom. The smallest absolute Gasteiger partial charge is 0.187 e. The molecule has 2 aromatic carbocycles. The van der Waals surface area contributed by atoms with Gasteiger partial charge >= 0.3 is 0 Å². The summed E-state index contributed by atoms with van der Waals surface area (Å²) in [5.74, 6) is -0.337. The van der Waals surface area contributed by atoms with Crippen molar-refractivity contribution in [3.8, 4) is 28.8 Å². The first-order valence-electron chi connectivity index (χ1n) is 8.92. The number of thiazole rings is 1. The largest absolute Gasteiger partial charge is 0.493 e. The molecule has 29 heavy (non-hydrogen) atoms. The number of Topliss-reactive ketones (excluding diaryl/α,β-unsaturated/α-hetero) is 1. The Morgan fingerprint density at radius 2 is 1.90 bits per heavy atom. The number of nitrogens with zero attached hydrogens (tertiary/aromatic N) is 2. The van der Waals surface area contributed by atoms with Crippen molar-refractivity contribution < 1.29 is 14.3 Å². The number of ketones is 1. The van der Waals surface area contributed by atoms with E-state index in [1.165, 1.54) is 18.4 Å². The Labute approximate surface area is 178 Å². The number of rotatable bonds is 7. The van der Waals surface area contributed by atoms with Gasteiger partial charge in [-0.05, 0) is 44.2 Å². The van der Waals surface area contributed by atoms with Crippen molar-refractivity contribution >= 4 is 28.7 Å². The summed E-state index contributed by atoms with van der Waals surface area (Å²) in [5.41, 5.74) is 1.94. The monoisotopic (exact) mass is 426 g/mol. The van der Waals surface area contributed by atoms with Crippen LogP contribution >= 0.6 is 22.9 Å². The number of benzene rings is 2. The summed E-state index contributed by atoms with van der Waals surface area (Å²) in [4.78, 5) is 17.5. The molecule has 3 rings (SSSR count). The average molecular weight is 427 g/mol. The van der Waals surface area contributed by atoms with Crippen LogP contribution in [0.5, 0.6) is 11.5 Å². The van der Waals surface area contributed by atoms with Crippen molar-refractivity contribution in [3.05, 3.63) is 63.4 Å². The highest BCUT2D eigenvalue weighted by Crippen LogP contribution is 2.33. The molecule has 0 aliphatic carbocycles. The van der Waals surface area contributed by atoms with E-state index in [2.05, 4.69) is 11.1 Å². The summed E-state index contributed by atoms with van der Waals surface area (Å²) >= 11 is 7.21. The predicted octanol–water partition coefficient (Wildman–Crippen LogP) is 5.75. The average Bonchev–Trinajstić information content (AvgIpc) is 3.18.